The highest BCUT2D eigenvalue weighted by Gasteiger charge is 2.65. The van der Waals surface area contributed by atoms with Crippen LogP contribution in [-0.4, -0.2) is 39.5 Å². The Morgan fingerprint density at radius 2 is 1.24 bits per heavy atom. The summed E-state index contributed by atoms with van der Waals surface area (Å²) in [5, 5.41) is 0. The zero-order chi connectivity index (χ0) is 20.1. The van der Waals surface area contributed by atoms with E-state index in [9.17, 15) is 14.4 Å². The fraction of sp³-hybridized carbons (Fsp3) is 0.292. The number of ketones is 1. The fourth-order valence-corrected chi connectivity index (χ4v) is 5.22. The molecule has 2 bridgehead atoms. The summed E-state index contributed by atoms with van der Waals surface area (Å²) < 4.78 is 0. The topological polar surface area (TPSA) is 57.7 Å². The number of nitrogens with zero attached hydrogens (tertiary/aromatic N) is 2. The van der Waals surface area contributed by atoms with Crippen LogP contribution >= 0.6 is 0 Å². The van der Waals surface area contributed by atoms with Crippen molar-refractivity contribution in [1.29, 1.82) is 0 Å². The third kappa shape index (κ3) is 2.76. The van der Waals surface area contributed by atoms with Crippen molar-refractivity contribution >= 4 is 17.6 Å². The summed E-state index contributed by atoms with van der Waals surface area (Å²) in [6.45, 7) is 2.72. The molecule has 0 spiro atoms. The molecule has 3 heterocycles. The molecule has 5 rings (SSSR count). The third-order valence-corrected chi connectivity index (χ3v) is 6.40. The lowest BCUT2D eigenvalue weighted by atomic mass is 9.89. The van der Waals surface area contributed by atoms with E-state index in [-0.39, 0.29) is 30.2 Å². The van der Waals surface area contributed by atoms with Crippen molar-refractivity contribution < 1.29 is 14.4 Å². The van der Waals surface area contributed by atoms with Crippen LogP contribution in [0.15, 0.2) is 72.3 Å². The van der Waals surface area contributed by atoms with E-state index in [4.69, 9.17) is 0 Å². The Morgan fingerprint density at radius 1 is 0.724 bits per heavy atom. The molecule has 5 heteroatoms. The molecule has 4 unspecified atom stereocenters. The number of benzene rings is 2. The van der Waals surface area contributed by atoms with Gasteiger partial charge in [-0.2, -0.15) is 0 Å². The number of hydrogen-bond donors (Lipinski definition) is 0. The number of rotatable bonds is 4. The van der Waals surface area contributed by atoms with Gasteiger partial charge in [0.25, 0.3) is 0 Å². The van der Waals surface area contributed by atoms with Crippen LogP contribution in [0, 0.1) is 11.8 Å². The Hall–Kier alpha value is -3.05. The van der Waals surface area contributed by atoms with E-state index in [1.54, 1.807) is 6.08 Å². The highest BCUT2D eigenvalue weighted by molar-refractivity contribution is 6.11. The zero-order valence-electron chi connectivity index (χ0n) is 16.2. The van der Waals surface area contributed by atoms with Gasteiger partial charge < -0.3 is 0 Å². The molecule has 2 aromatic carbocycles. The van der Waals surface area contributed by atoms with E-state index < -0.39 is 17.9 Å². The average Bonchev–Trinajstić information content (AvgIpc) is 3.13. The van der Waals surface area contributed by atoms with Crippen molar-refractivity contribution in [1.82, 2.24) is 9.80 Å². The first-order valence-electron chi connectivity index (χ1n) is 9.97. The predicted octanol–water partition coefficient (Wildman–Crippen LogP) is 2.57. The molecule has 2 amide bonds. The molecule has 2 saturated heterocycles. The summed E-state index contributed by atoms with van der Waals surface area (Å²) in [7, 11) is 0. The standard InChI is InChI=1S/C24H22N2O3/c1-15-12-18(27)22-20-19(21(15)25(22)13-16-8-4-2-5-9-16)23(28)26(24(20)29)14-17-10-6-3-7-11-17/h2-12,19-22H,13-14H2,1H3. The van der Waals surface area contributed by atoms with Gasteiger partial charge in [-0.05, 0) is 24.1 Å². The quantitative estimate of drug-likeness (QED) is 0.758. The van der Waals surface area contributed by atoms with Crippen molar-refractivity contribution in [3.63, 3.8) is 0 Å². The third-order valence-electron chi connectivity index (χ3n) is 6.40. The molecule has 0 radical (unpaired) electrons. The van der Waals surface area contributed by atoms with Gasteiger partial charge in [0.1, 0.15) is 0 Å². The molecule has 2 fully saturated rings. The Labute approximate surface area is 169 Å². The normalized spacial score (nSPS) is 28.7. The van der Waals surface area contributed by atoms with Crippen molar-refractivity contribution in [2.45, 2.75) is 32.1 Å². The SMILES string of the molecule is CC1=CC(=O)C2C3C(=O)N(Cc4ccccc4)C(=O)C3C1N2Cc1ccccc1. The Balaban J connectivity index is 1.49. The summed E-state index contributed by atoms with van der Waals surface area (Å²) in [5.41, 5.74) is 2.86. The minimum absolute atomic E-state index is 0.0649. The van der Waals surface area contributed by atoms with Crippen LogP contribution in [0.3, 0.4) is 0 Å². The molecule has 3 aliphatic rings. The van der Waals surface area contributed by atoms with Gasteiger partial charge in [-0.1, -0.05) is 66.2 Å². The Morgan fingerprint density at radius 3 is 1.83 bits per heavy atom. The van der Waals surface area contributed by atoms with Crippen LogP contribution in [0.2, 0.25) is 0 Å². The molecule has 5 nitrogen and oxygen atoms in total. The number of hydrogen-bond acceptors (Lipinski definition) is 4. The maximum atomic E-state index is 13.3. The molecular formula is C24H22N2O3. The molecule has 0 aliphatic carbocycles. The first-order valence-corrected chi connectivity index (χ1v) is 9.97. The van der Waals surface area contributed by atoms with Crippen LogP contribution in [-0.2, 0) is 27.5 Å². The molecule has 146 valence electrons. The maximum absolute atomic E-state index is 13.3. The van der Waals surface area contributed by atoms with Gasteiger partial charge in [0.05, 0.1) is 24.4 Å². The highest BCUT2D eigenvalue weighted by atomic mass is 16.2. The largest absolute Gasteiger partial charge is 0.293 e. The summed E-state index contributed by atoms with van der Waals surface area (Å²) in [5.74, 6) is -1.52. The van der Waals surface area contributed by atoms with Crippen LogP contribution in [0.4, 0.5) is 0 Å². The van der Waals surface area contributed by atoms with Gasteiger partial charge in [-0.15, -0.1) is 0 Å². The van der Waals surface area contributed by atoms with Crippen LogP contribution in [0.1, 0.15) is 18.1 Å². The highest BCUT2D eigenvalue weighted by Crippen LogP contribution is 2.48. The van der Waals surface area contributed by atoms with E-state index in [1.165, 1.54) is 4.90 Å². The first-order chi connectivity index (χ1) is 14.1. The van der Waals surface area contributed by atoms with Crippen LogP contribution < -0.4 is 0 Å². The van der Waals surface area contributed by atoms with E-state index >= 15 is 0 Å². The van der Waals surface area contributed by atoms with Crippen LogP contribution in [0.25, 0.3) is 0 Å². The van der Waals surface area contributed by atoms with Crippen LogP contribution in [0.5, 0.6) is 0 Å². The minimum Gasteiger partial charge on any atom is -0.293 e. The second kappa shape index (κ2) is 6.78. The van der Waals surface area contributed by atoms with Gasteiger partial charge in [-0.25, -0.2) is 0 Å². The number of fused-ring (bicyclic) bond motifs is 5. The molecule has 29 heavy (non-hydrogen) atoms. The van der Waals surface area contributed by atoms with Crippen molar-refractivity contribution in [2.75, 3.05) is 0 Å². The number of likely N-dealkylation sites (tertiary alicyclic amines) is 1. The smallest absolute Gasteiger partial charge is 0.235 e. The molecule has 3 aliphatic heterocycles. The van der Waals surface area contributed by atoms with E-state index in [0.717, 1.165) is 16.7 Å². The minimum atomic E-state index is -0.596. The van der Waals surface area contributed by atoms with E-state index in [1.807, 2.05) is 67.6 Å². The number of amides is 2. The number of carbonyl (C=O) groups is 3. The van der Waals surface area contributed by atoms with Gasteiger partial charge in [0.15, 0.2) is 5.78 Å². The lowest BCUT2D eigenvalue weighted by Gasteiger charge is -2.36. The van der Waals surface area contributed by atoms with Gasteiger partial charge in [0.2, 0.25) is 11.8 Å². The number of carbonyl (C=O) groups excluding carboxylic acids is 3. The van der Waals surface area contributed by atoms with E-state index in [2.05, 4.69) is 4.90 Å². The zero-order valence-corrected chi connectivity index (χ0v) is 16.2. The van der Waals surface area contributed by atoms with Crippen molar-refractivity contribution in [3.05, 3.63) is 83.4 Å². The summed E-state index contributed by atoms with van der Waals surface area (Å²) >= 11 is 0. The molecular weight excluding hydrogens is 364 g/mol. The second-order valence-corrected chi connectivity index (χ2v) is 8.14. The van der Waals surface area contributed by atoms with Gasteiger partial charge in [-0.3, -0.25) is 24.2 Å². The molecule has 2 aromatic rings. The first kappa shape index (κ1) is 18.0. The van der Waals surface area contributed by atoms with Gasteiger partial charge >= 0.3 is 0 Å². The molecule has 4 atom stereocenters. The molecule has 0 saturated carbocycles. The second-order valence-electron chi connectivity index (χ2n) is 8.14. The Bertz CT molecular complexity index is 1010. The lowest BCUT2D eigenvalue weighted by molar-refractivity contribution is -0.143. The average molecular weight is 386 g/mol. The maximum Gasteiger partial charge on any atom is 0.235 e. The fourth-order valence-electron chi connectivity index (χ4n) is 5.22. The molecule has 0 aromatic heterocycles. The summed E-state index contributed by atoms with van der Waals surface area (Å²) in [6, 6.07) is 18.7. The molecule has 0 N–H and O–H groups in total. The van der Waals surface area contributed by atoms with Crippen molar-refractivity contribution in [3.8, 4) is 0 Å². The summed E-state index contributed by atoms with van der Waals surface area (Å²) in [6.07, 6.45) is 1.64. The monoisotopic (exact) mass is 386 g/mol. The Kier molecular flexibility index (Phi) is 4.21. The summed E-state index contributed by atoms with van der Waals surface area (Å²) in [4.78, 5) is 43.0. The van der Waals surface area contributed by atoms with Gasteiger partial charge in [0, 0.05) is 12.6 Å². The lowest BCUT2D eigenvalue weighted by Crippen LogP contribution is -2.49. The number of imide groups is 1. The van der Waals surface area contributed by atoms with Crippen molar-refractivity contribution in [2.24, 2.45) is 11.8 Å². The van der Waals surface area contributed by atoms with E-state index in [0.29, 0.717) is 6.54 Å². The predicted molar refractivity (Wildman–Crippen MR) is 107 cm³/mol.